The Kier molecular flexibility index (Phi) is 4.57. The van der Waals surface area contributed by atoms with Crippen LogP contribution >= 0.6 is 43.5 Å². The molecule has 2 aromatic rings. The van der Waals surface area contributed by atoms with Crippen LogP contribution in [0.15, 0.2) is 39.3 Å². The number of rotatable bonds is 2. The highest BCUT2D eigenvalue weighted by Crippen LogP contribution is 2.34. The van der Waals surface area contributed by atoms with Crippen LogP contribution in [0.25, 0.3) is 0 Å². The van der Waals surface area contributed by atoms with Crippen LogP contribution in [0.2, 0.25) is 5.02 Å². The van der Waals surface area contributed by atoms with Gasteiger partial charge < -0.3 is 16.2 Å². The number of phenols is 1. The molecule has 0 unspecified atom stereocenters. The molecule has 4 nitrogen and oxygen atoms in total. The molecule has 0 spiro atoms. The molecule has 0 atom stereocenters. The van der Waals surface area contributed by atoms with E-state index in [1.807, 2.05) is 0 Å². The zero-order chi connectivity index (χ0) is 14.9. The van der Waals surface area contributed by atoms with Gasteiger partial charge in [-0.1, -0.05) is 11.6 Å². The van der Waals surface area contributed by atoms with Crippen LogP contribution in [-0.2, 0) is 0 Å². The van der Waals surface area contributed by atoms with Crippen LogP contribution in [0.5, 0.6) is 5.75 Å². The van der Waals surface area contributed by atoms with Crippen molar-refractivity contribution in [3.05, 3.63) is 49.9 Å². The molecule has 2 aromatic carbocycles. The zero-order valence-electron chi connectivity index (χ0n) is 9.95. The Balaban J connectivity index is 2.35. The number of carbonyl (C=O) groups is 1. The molecule has 0 bridgehead atoms. The maximum Gasteiger partial charge on any atom is 0.259 e. The van der Waals surface area contributed by atoms with E-state index < -0.39 is 5.91 Å². The fourth-order valence-corrected chi connectivity index (χ4v) is 3.18. The Morgan fingerprint density at radius 3 is 2.40 bits per heavy atom. The van der Waals surface area contributed by atoms with E-state index in [1.165, 1.54) is 18.2 Å². The lowest BCUT2D eigenvalue weighted by atomic mass is 10.2. The lowest BCUT2D eigenvalue weighted by molar-refractivity contribution is 0.102. The van der Waals surface area contributed by atoms with Gasteiger partial charge in [-0.15, -0.1) is 0 Å². The van der Waals surface area contributed by atoms with Gasteiger partial charge in [-0.3, -0.25) is 4.79 Å². The first-order chi connectivity index (χ1) is 9.38. The Morgan fingerprint density at radius 1 is 1.20 bits per heavy atom. The molecule has 0 aliphatic rings. The maximum absolute atomic E-state index is 12.2. The third kappa shape index (κ3) is 3.26. The van der Waals surface area contributed by atoms with E-state index in [2.05, 4.69) is 37.2 Å². The predicted molar refractivity (Wildman–Crippen MR) is 87.3 cm³/mol. The van der Waals surface area contributed by atoms with Crippen LogP contribution in [0.1, 0.15) is 10.4 Å². The van der Waals surface area contributed by atoms with Gasteiger partial charge in [0.25, 0.3) is 5.91 Å². The second-order valence-electron chi connectivity index (χ2n) is 3.98. The summed E-state index contributed by atoms with van der Waals surface area (Å²) in [6.45, 7) is 0. The van der Waals surface area contributed by atoms with Gasteiger partial charge in [0.15, 0.2) is 0 Å². The molecular formula is C13H9Br2ClN2O2. The normalized spacial score (nSPS) is 10.3. The van der Waals surface area contributed by atoms with Crippen molar-refractivity contribution in [1.82, 2.24) is 0 Å². The first-order valence-electron chi connectivity index (χ1n) is 5.43. The molecule has 0 saturated heterocycles. The third-order valence-corrected chi connectivity index (χ3v) is 3.99. The van der Waals surface area contributed by atoms with Crippen LogP contribution in [0.3, 0.4) is 0 Å². The highest BCUT2D eigenvalue weighted by atomic mass is 79.9. The largest absolute Gasteiger partial charge is 0.507 e. The number of nitrogens with one attached hydrogen (secondary N) is 1. The van der Waals surface area contributed by atoms with E-state index in [0.717, 1.165) is 0 Å². The van der Waals surface area contributed by atoms with E-state index in [-0.39, 0.29) is 11.3 Å². The topological polar surface area (TPSA) is 75.3 Å². The molecule has 20 heavy (non-hydrogen) atoms. The van der Waals surface area contributed by atoms with Crippen LogP contribution < -0.4 is 11.1 Å². The van der Waals surface area contributed by atoms with E-state index in [0.29, 0.717) is 25.3 Å². The van der Waals surface area contributed by atoms with Crippen molar-refractivity contribution >= 4 is 60.7 Å². The number of phenolic OH excluding ortho intramolecular Hbond substituents is 1. The molecule has 0 radical (unpaired) electrons. The number of nitrogens with two attached hydrogens (primary N) is 1. The van der Waals surface area contributed by atoms with E-state index in [4.69, 9.17) is 17.3 Å². The summed E-state index contributed by atoms with van der Waals surface area (Å²) in [4.78, 5) is 12.2. The lowest BCUT2D eigenvalue weighted by Gasteiger charge is -2.11. The van der Waals surface area contributed by atoms with Gasteiger partial charge >= 0.3 is 0 Å². The number of nitrogen functional groups attached to an aromatic ring is 1. The molecule has 0 aromatic heterocycles. The summed E-state index contributed by atoms with van der Waals surface area (Å²) in [5.41, 5.74) is 6.84. The zero-order valence-corrected chi connectivity index (χ0v) is 13.9. The third-order valence-electron chi connectivity index (χ3n) is 2.51. The SMILES string of the molecule is Nc1cc(Br)c(NC(=O)c2cc(Cl)ccc2O)c(Br)c1. The fourth-order valence-electron chi connectivity index (χ4n) is 1.58. The second kappa shape index (κ2) is 6.03. The minimum atomic E-state index is -0.476. The van der Waals surface area contributed by atoms with E-state index in [9.17, 15) is 9.90 Å². The van der Waals surface area contributed by atoms with Gasteiger partial charge in [-0.05, 0) is 62.2 Å². The minimum absolute atomic E-state index is 0.0909. The molecule has 104 valence electrons. The average Bonchev–Trinajstić information content (AvgIpc) is 2.36. The molecule has 0 aliphatic heterocycles. The summed E-state index contributed by atoms with van der Waals surface area (Å²) < 4.78 is 1.25. The van der Waals surface area contributed by atoms with Crippen molar-refractivity contribution in [2.75, 3.05) is 11.1 Å². The molecule has 1 amide bonds. The van der Waals surface area contributed by atoms with Crippen LogP contribution in [0, 0.1) is 0 Å². The van der Waals surface area contributed by atoms with Crippen LogP contribution in [-0.4, -0.2) is 11.0 Å². The van der Waals surface area contributed by atoms with Gasteiger partial charge in [0.2, 0.25) is 0 Å². The monoisotopic (exact) mass is 418 g/mol. The minimum Gasteiger partial charge on any atom is -0.507 e. The summed E-state index contributed by atoms with van der Waals surface area (Å²) in [5.74, 6) is -0.620. The quantitative estimate of drug-likeness (QED) is 0.630. The molecule has 7 heteroatoms. The fraction of sp³-hybridized carbons (Fsp3) is 0. The van der Waals surface area contributed by atoms with Crippen molar-refractivity contribution in [3.8, 4) is 5.75 Å². The highest BCUT2D eigenvalue weighted by Gasteiger charge is 2.15. The molecule has 0 saturated carbocycles. The molecule has 0 heterocycles. The van der Waals surface area contributed by atoms with Gasteiger partial charge in [0.05, 0.1) is 11.3 Å². The molecule has 2 rings (SSSR count). The number of aromatic hydroxyl groups is 1. The molecular weight excluding hydrogens is 411 g/mol. The molecule has 0 fully saturated rings. The lowest BCUT2D eigenvalue weighted by Crippen LogP contribution is -2.13. The van der Waals surface area contributed by atoms with Crippen molar-refractivity contribution in [3.63, 3.8) is 0 Å². The maximum atomic E-state index is 12.2. The predicted octanol–water partition coefficient (Wildman–Crippen LogP) is 4.41. The standard InChI is InChI=1S/C13H9Br2ClN2O2/c14-9-4-7(17)5-10(15)12(9)18-13(20)8-3-6(16)1-2-11(8)19/h1-5,19H,17H2,(H,18,20). The summed E-state index contributed by atoms with van der Waals surface area (Å²) in [6.07, 6.45) is 0. The summed E-state index contributed by atoms with van der Waals surface area (Å²) in [7, 11) is 0. The molecule has 4 N–H and O–H groups in total. The van der Waals surface area contributed by atoms with Crippen LogP contribution in [0.4, 0.5) is 11.4 Å². The van der Waals surface area contributed by atoms with E-state index >= 15 is 0 Å². The summed E-state index contributed by atoms with van der Waals surface area (Å²) in [5, 5.41) is 12.8. The average molecular weight is 420 g/mol. The number of halogens is 3. The van der Waals surface area contributed by atoms with Crippen molar-refractivity contribution in [1.29, 1.82) is 0 Å². The van der Waals surface area contributed by atoms with Gasteiger partial charge in [0, 0.05) is 19.7 Å². The van der Waals surface area contributed by atoms with E-state index in [1.54, 1.807) is 12.1 Å². The Hall–Kier alpha value is -1.24. The first kappa shape index (κ1) is 15.2. The number of hydrogen-bond acceptors (Lipinski definition) is 3. The Labute approximate surface area is 137 Å². The van der Waals surface area contributed by atoms with Crippen molar-refractivity contribution in [2.24, 2.45) is 0 Å². The number of benzene rings is 2. The molecule has 0 aliphatic carbocycles. The van der Waals surface area contributed by atoms with Gasteiger partial charge in [0.1, 0.15) is 5.75 Å². The van der Waals surface area contributed by atoms with Crippen molar-refractivity contribution in [2.45, 2.75) is 0 Å². The number of amides is 1. The number of anilines is 2. The summed E-state index contributed by atoms with van der Waals surface area (Å²) in [6, 6.07) is 7.59. The Bertz CT molecular complexity index is 669. The Morgan fingerprint density at radius 2 is 1.80 bits per heavy atom. The van der Waals surface area contributed by atoms with Crippen molar-refractivity contribution < 1.29 is 9.90 Å². The number of hydrogen-bond donors (Lipinski definition) is 3. The number of carbonyl (C=O) groups excluding carboxylic acids is 1. The summed E-state index contributed by atoms with van der Waals surface area (Å²) >= 11 is 12.5. The van der Waals surface area contributed by atoms with Gasteiger partial charge in [-0.25, -0.2) is 0 Å². The highest BCUT2D eigenvalue weighted by molar-refractivity contribution is 9.11. The second-order valence-corrected chi connectivity index (χ2v) is 6.12. The smallest absolute Gasteiger partial charge is 0.259 e. The van der Waals surface area contributed by atoms with Gasteiger partial charge in [-0.2, -0.15) is 0 Å². The first-order valence-corrected chi connectivity index (χ1v) is 7.39.